The van der Waals surface area contributed by atoms with Crippen LogP contribution in [-0.4, -0.2) is 28.6 Å². The van der Waals surface area contributed by atoms with E-state index in [0.29, 0.717) is 29.1 Å². The molecule has 31 heavy (non-hydrogen) atoms. The Morgan fingerprint density at radius 1 is 1.10 bits per heavy atom. The maximum Gasteiger partial charge on any atom is 0.406 e. The fourth-order valence-electron chi connectivity index (χ4n) is 4.45. The minimum absolute atomic E-state index is 0.133. The smallest absolute Gasteiger partial charge is 0.357 e. The Hall–Kier alpha value is -3.07. The van der Waals surface area contributed by atoms with E-state index < -0.39 is 18.3 Å². The molecule has 0 radical (unpaired) electrons. The molecule has 1 unspecified atom stereocenters. The second-order valence-electron chi connectivity index (χ2n) is 7.76. The number of rotatable bonds is 3. The van der Waals surface area contributed by atoms with Crippen molar-refractivity contribution >= 4 is 22.4 Å². The normalized spacial score (nSPS) is 19.1. The molecule has 1 saturated heterocycles. The molecule has 4 heterocycles. The topological polar surface area (TPSA) is 50.6 Å². The third kappa shape index (κ3) is 3.52. The molecule has 1 aromatic carbocycles. The highest BCUT2D eigenvalue weighted by Crippen LogP contribution is 2.41. The van der Waals surface area contributed by atoms with Gasteiger partial charge in [-0.2, -0.15) is 13.2 Å². The average molecular weight is 430 g/mol. The highest BCUT2D eigenvalue weighted by atomic mass is 19.4. The molecular formula is C22H21F3N4O2. The fraction of sp³-hybridized carbons (Fsp3) is 0.364. The number of benzene rings is 1. The van der Waals surface area contributed by atoms with Gasteiger partial charge in [-0.05, 0) is 37.5 Å². The molecule has 2 aromatic heterocycles. The number of pyridine rings is 2. The summed E-state index contributed by atoms with van der Waals surface area (Å²) in [4.78, 5) is 17.7. The first kappa shape index (κ1) is 19.9. The lowest BCUT2D eigenvalue weighted by Gasteiger charge is -2.39. The molecule has 5 rings (SSSR count). The van der Waals surface area contributed by atoms with Crippen molar-refractivity contribution in [1.82, 2.24) is 9.55 Å². The predicted octanol–water partition coefficient (Wildman–Crippen LogP) is 4.23. The average Bonchev–Trinajstić information content (AvgIpc) is 3.18. The third-order valence-electron chi connectivity index (χ3n) is 5.72. The number of alkyl halides is 3. The Morgan fingerprint density at radius 3 is 2.61 bits per heavy atom. The first-order valence-corrected chi connectivity index (χ1v) is 10.2. The van der Waals surface area contributed by atoms with E-state index in [-0.39, 0.29) is 18.3 Å². The minimum Gasteiger partial charge on any atom is -0.357 e. The number of ether oxygens (including phenoxy) is 1. The number of halogens is 3. The lowest BCUT2D eigenvalue weighted by atomic mass is 10.1. The van der Waals surface area contributed by atoms with Gasteiger partial charge in [0, 0.05) is 18.2 Å². The summed E-state index contributed by atoms with van der Waals surface area (Å²) in [7, 11) is 0. The van der Waals surface area contributed by atoms with Gasteiger partial charge in [0.2, 0.25) is 0 Å². The van der Waals surface area contributed by atoms with Crippen molar-refractivity contribution in [2.75, 3.05) is 16.6 Å². The van der Waals surface area contributed by atoms with Crippen LogP contribution in [0.3, 0.4) is 0 Å². The molecule has 0 N–H and O–H groups in total. The molecule has 2 aliphatic rings. The summed E-state index contributed by atoms with van der Waals surface area (Å²) in [5.74, 6) is 0.610. The van der Waals surface area contributed by atoms with Crippen LogP contribution in [0.1, 0.15) is 24.8 Å². The number of aromatic nitrogens is 2. The van der Waals surface area contributed by atoms with Crippen LogP contribution in [0.4, 0.5) is 24.7 Å². The van der Waals surface area contributed by atoms with E-state index in [1.54, 1.807) is 36.5 Å². The molecular weight excluding hydrogens is 409 g/mol. The monoisotopic (exact) mass is 430 g/mol. The van der Waals surface area contributed by atoms with E-state index in [0.717, 1.165) is 23.8 Å². The SMILES string of the molecule is O=c1c2c(c3ccccc3n1CC(F)(F)F)N(C1CCCCO1)N(c1ccccn1)C2. The van der Waals surface area contributed by atoms with E-state index in [1.807, 2.05) is 22.2 Å². The Balaban J connectivity index is 1.75. The summed E-state index contributed by atoms with van der Waals surface area (Å²) >= 11 is 0. The van der Waals surface area contributed by atoms with Gasteiger partial charge in [-0.3, -0.25) is 19.4 Å². The number of hydrogen-bond donors (Lipinski definition) is 0. The molecule has 0 saturated carbocycles. The number of anilines is 2. The standard InChI is InChI=1S/C22H21F3N4O2/c23-22(24,25)14-27-17-8-2-1-7-15(17)20-16(21(27)30)13-28(18-9-3-5-11-26-18)29(20)19-10-4-6-12-31-19/h1-3,5,7-9,11,19H,4,6,10,12-14H2. The van der Waals surface area contributed by atoms with Crippen LogP contribution in [0.5, 0.6) is 0 Å². The Bertz CT molecular complexity index is 1160. The quantitative estimate of drug-likeness (QED) is 0.623. The van der Waals surface area contributed by atoms with Gasteiger partial charge in [-0.1, -0.05) is 24.3 Å². The van der Waals surface area contributed by atoms with Crippen molar-refractivity contribution in [1.29, 1.82) is 0 Å². The predicted molar refractivity (Wildman–Crippen MR) is 111 cm³/mol. The van der Waals surface area contributed by atoms with Crippen molar-refractivity contribution in [2.45, 2.75) is 44.8 Å². The molecule has 9 heteroatoms. The largest absolute Gasteiger partial charge is 0.406 e. The van der Waals surface area contributed by atoms with Crippen LogP contribution in [0, 0.1) is 0 Å². The van der Waals surface area contributed by atoms with E-state index in [4.69, 9.17) is 4.74 Å². The molecule has 0 aliphatic carbocycles. The zero-order valence-electron chi connectivity index (χ0n) is 16.7. The summed E-state index contributed by atoms with van der Waals surface area (Å²) < 4.78 is 46.8. The summed E-state index contributed by atoms with van der Waals surface area (Å²) in [6.07, 6.45) is -0.504. The highest BCUT2D eigenvalue weighted by molar-refractivity contribution is 5.96. The first-order chi connectivity index (χ1) is 14.9. The highest BCUT2D eigenvalue weighted by Gasteiger charge is 2.40. The first-order valence-electron chi connectivity index (χ1n) is 10.2. The van der Waals surface area contributed by atoms with Gasteiger partial charge in [0.15, 0.2) is 0 Å². The van der Waals surface area contributed by atoms with Crippen LogP contribution < -0.4 is 15.6 Å². The van der Waals surface area contributed by atoms with Gasteiger partial charge in [0.05, 0.1) is 23.3 Å². The molecule has 0 bridgehead atoms. The van der Waals surface area contributed by atoms with E-state index >= 15 is 0 Å². The van der Waals surface area contributed by atoms with E-state index in [9.17, 15) is 18.0 Å². The summed E-state index contributed by atoms with van der Waals surface area (Å²) in [6.45, 7) is -0.605. The van der Waals surface area contributed by atoms with Crippen LogP contribution in [0.25, 0.3) is 10.9 Å². The second kappa shape index (κ2) is 7.56. The number of fused-ring (bicyclic) bond motifs is 3. The Kier molecular flexibility index (Phi) is 4.85. The number of nitrogens with zero attached hydrogens (tertiary/aromatic N) is 4. The molecule has 162 valence electrons. The third-order valence-corrected chi connectivity index (χ3v) is 5.72. The number of hydrogen-bond acceptors (Lipinski definition) is 5. The summed E-state index contributed by atoms with van der Waals surface area (Å²) in [6, 6.07) is 12.2. The van der Waals surface area contributed by atoms with Crippen molar-refractivity contribution < 1.29 is 17.9 Å². The maximum absolute atomic E-state index is 13.3. The lowest BCUT2D eigenvalue weighted by Crippen LogP contribution is -2.48. The molecule has 1 fully saturated rings. The van der Waals surface area contributed by atoms with Crippen molar-refractivity contribution in [3.05, 3.63) is 64.6 Å². The second-order valence-corrected chi connectivity index (χ2v) is 7.76. The van der Waals surface area contributed by atoms with Crippen LogP contribution in [0.15, 0.2) is 53.5 Å². The van der Waals surface area contributed by atoms with Gasteiger partial charge in [0.25, 0.3) is 5.56 Å². The number of hydrazine groups is 1. The maximum atomic E-state index is 13.3. The minimum atomic E-state index is -4.51. The Labute approximate surface area is 176 Å². The molecule has 0 amide bonds. The molecule has 2 aliphatic heterocycles. The van der Waals surface area contributed by atoms with Gasteiger partial charge < -0.3 is 4.74 Å². The van der Waals surface area contributed by atoms with Crippen molar-refractivity contribution in [2.24, 2.45) is 0 Å². The van der Waals surface area contributed by atoms with Gasteiger partial charge in [0.1, 0.15) is 18.6 Å². The summed E-state index contributed by atoms with van der Waals surface area (Å²) in [5.41, 5.74) is 0.553. The lowest BCUT2D eigenvalue weighted by molar-refractivity contribution is -0.140. The molecule has 6 nitrogen and oxygen atoms in total. The van der Waals surface area contributed by atoms with Crippen LogP contribution >= 0.6 is 0 Å². The van der Waals surface area contributed by atoms with Gasteiger partial charge in [-0.25, -0.2) is 4.98 Å². The van der Waals surface area contributed by atoms with Crippen molar-refractivity contribution in [3.63, 3.8) is 0 Å². The zero-order chi connectivity index (χ0) is 21.6. The zero-order valence-corrected chi connectivity index (χ0v) is 16.7. The van der Waals surface area contributed by atoms with Crippen LogP contribution in [-0.2, 0) is 17.8 Å². The number of para-hydroxylation sites is 1. The van der Waals surface area contributed by atoms with Gasteiger partial charge in [-0.15, -0.1) is 0 Å². The van der Waals surface area contributed by atoms with Crippen LogP contribution in [0.2, 0.25) is 0 Å². The molecule has 3 aromatic rings. The van der Waals surface area contributed by atoms with Crippen molar-refractivity contribution in [3.8, 4) is 0 Å². The Morgan fingerprint density at radius 2 is 1.90 bits per heavy atom. The fourth-order valence-corrected chi connectivity index (χ4v) is 4.45. The van der Waals surface area contributed by atoms with E-state index in [1.165, 1.54) is 0 Å². The molecule has 1 atom stereocenters. The van der Waals surface area contributed by atoms with E-state index in [2.05, 4.69) is 4.98 Å². The molecule has 0 spiro atoms. The van der Waals surface area contributed by atoms with Gasteiger partial charge >= 0.3 is 6.18 Å². The summed E-state index contributed by atoms with van der Waals surface area (Å²) in [5, 5.41) is 4.35.